The fourth-order valence-corrected chi connectivity index (χ4v) is 7.69. The van der Waals surface area contributed by atoms with Gasteiger partial charge in [-0.25, -0.2) is 4.98 Å². The largest absolute Gasteiger partial charge is 0.388 e. The molecule has 1 aliphatic carbocycles. The highest BCUT2D eigenvalue weighted by Gasteiger charge is 2.35. The molecule has 2 fully saturated rings. The van der Waals surface area contributed by atoms with Gasteiger partial charge in [0.15, 0.2) is 0 Å². The number of likely N-dealkylation sites (tertiary alicyclic amines) is 1. The van der Waals surface area contributed by atoms with Crippen LogP contribution in [0, 0.1) is 0 Å². The van der Waals surface area contributed by atoms with Gasteiger partial charge in [0.25, 0.3) is 11.5 Å². The second kappa shape index (κ2) is 13.1. The molecule has 2 amide bonds. The number of aryl methyl sites for hydroxylation is 1. The summed E-state index contributed by atoms with van der Waals surface area (Å²) in [7, 11) is 0. The predicted molar refractivity (Wildman–Crippen MR) is 182 cm³/mol. The van der Waals surface area contributed by atoms with E-state index in [1.807, 2.05) is 23.1 Å². The van der Waals surface area contributed by atoms with Crippen molar-refractivity contribution in [3.8, 4) is 0 Å². The van der Waals surface area contributed by atoms with Crippen LogP contribution in [0.1, 0.15) is 53.7 Å². The maximum Gasteiger partial charge on any atom is 0.261 e. The summed E-state index contributed by atoms with van der Waals surface area (Å²) < 4.78 is 1.44. The van der Waals surface area contributed by atoms with E-state index in [9.17, 15) is 19.5 Å². The summed E-state index contributed by atoms with van der Waals surface area (Å²) >= 11 is 12.8. The van der Waals surface area contributed by atoms with Gasteiger partial charge in [0.2, 0.25) is 5.91 Å². The van der Waals surface area contributed by atoms with Crippen molar-refractivity contribution in [2.24, 2.45) is 0 Å². The number of hydrogen-bond acceptors (Lipinski definition) is 7. The normalized spacial score (nSPS) is 18.4. The van der Waals surface area contributed by atoms with Crippen molar-refractivity contribution in [2.75, 3.05) is 45.8 Å². The second-order valence-corrected chi connectivity index (χ2v) is 13.9. The van der Waals surface area contributed by atoms with E-state index >= 15 is 0 Å². The van der Waals surface area contributed by atoms with Crippen LogP contribution in [0.4, 0.5) is 0 Å². The minimum Gasteiger partial charge on any atom is -0.388 e. The molecule has 47 heavy (non-hydrogen) atoms. The van der Waals surface area contributed by atoms with Crippen LogP contribution < -0.4 is 5.56 Å². The van der Waals surface area contributed by atoms with Crippen LogP contribution in [0.25, 0.3) is 21.8 Å². The Morgan fingerprint density at radius 1 is 0.872 bits per heavy atom. The third kappa shape index (κ3) is 6.61. The van der Waals surface area contributed by atoms with Crippen molar-refractivity contribution < 1.29 is 14.7 Å². The number of piperidine rings is 1. The van der Waals surface area contributed by atoms with Gasteiger partial charge in [-0.1, -0.05) is 29.3 Å². The molecule has 0 unspecified atom stereocenters. The molecule has 2 aromatic carbocycles. The highest BCUT2D eigenvalue weighted by molar-refractivity contribution is 6.36. The van der Waals surface area contributed by atoms with Gasteiger partial charge in [-0.3, -0.25) is 28.8 Å². The van der Waals surface area contributed by atoms with Crippen LogP contribution >= 0.6 is 23.2 Å². The smallest absolute Gasteiger partial charge is 0.261 e. The van der Waals surface area contributed by atoms with Crippen molar-refractivity contribution in [1.82, 2.24) is 29.2 Å². The predicted octanol–water partition coefficient (Wildman–Crippen LogP) is 4.33. The Labute approximate surface area is 282 Å². The molecule has 1 N–H and O–H groups in total. The number of nitrogens with zero attached hydrogens (tertiary/aromatic N) is 6. The van der Waals surface area contributed by atoms with Gasteiger partial charge in [-0.15, -0.1) is 0 Å². The van der Waals surface area contributed by atoms with E-state index < -0.39 is 5.60 Å². The molecule has 2 saturated heterocycles. The molecule has 7 rings (SSSR count). The average molecular weight is 678 g/mol. The minimum absolute atomic E-state index is 0.00907. The van der Waals surface area contributed by atoms with Crippen molar-refractivity contribution in [3.05, 3.63) is 79.9 Å². The number of piperazine rings is 1. The Kier molecular flexibility index (Phi) is 8.95. The first kappa shape index (κ1) is 32.0. The average Bonchev–Trinajstić information content (AvgIpc) is 3.08. The number of aromatic nitrogens is 3. The Morgan fingerprint density at radius 3 is 2.40 bits per heavy atom. The molecule has 10 nitrogen and oxygen atoms in total. The van der Waals surface area contributed by atoms with Crippen molar-refractivity contribution >= 4 is 56.8 Å². The minimum atomic E-state index is -1.10. The summed E-state index contributed by atoms with van der Waals surface area (Å²) in [6, 6.07) is 10.6. The zero-order valence-electron chi connectivity index (χ0n) is 26.3. The molecule has 3 aliphatic rings. The maximum atomic E-state index is 13.4. The van der Waals surface area contributed by atoms with Crippen LogP contribution in [-0.4, -0.2) is 97.6 Å². The lowest BCUT2D eigenvalue weighted by atomic mass is 9.91. The van der Waals surface area contributed by atoms with E-state index in [1.165, 1.54) is 10.9 Å². The summed E-state index contributed by atoms with van der Waals surface area (Å²) in [4.78, 5) is 54.5. The lowest BCUT2D eigenvalue weighted by Gasteiger charge is -2.39. The molecule has 2 aromatic heterocycles. The van der Waals surface area contributed by atoms with Gasteiger partial charge in [0.1, 0.15) is 0 Å². The van der Waals surface area contributed by atoms with Crippen molar-refractivity contribution in [1.29, 1.82) is 0 Å². The Balaban J connectivity index is 0.884. The summed E-state index contributed by atoms with van der Waals surface area (Å²) in [6.07, 6.45) is 6.72. The second-order valence-electron chi connectivity index (χ2n) is 13.1. The van der Waals surface area contributed by atoms with Crippen molar-refractivity contribution in [3.63, 3.8) is 0 Å². The Morgan fingerprint density at radius 2 is 1.62 bits per heavy atom. The van der Waals surface area contributed by atoms with E-state index in [4.69, 9.17) is 28.2 Å². The molecule has 0 saturated carbocycles. The van der Waals surface area contributed by atoms with E-state index in [0.717, 1.165) is 52.9 Å². The number of rotatable bonds is 6. The number of carbonyl (C=O) groups is 2. The van der Waals surface area contributed by atoms with Gasteiger partial charge in [0.05, 0.1) is 39.9 Å². The number of fused-ring (bicyclic) bond motifs is 3. The van der Waals surface area contributed by atoms with E-state index in [0.29, 0.717) is 86.6 Å². The van der Waals surface area contributed by atoms with Crippen LogP contribution in [0.15, 0.2) is 47.5 Å². The standard InChI is InChI=1S/C35H38Cl2N6O4/c36-24-6-8-27-29(20-24)38-22-43(34(27)46)21-35(47)10-13-41(14-11-35)31(44)9-12-40-15-17-42(18-16-40)33(45)23-5-7-26-30(19-23)39-28-4-2-1-3-25(28)32(26)37/h5-8,19-20,22,47H,1-4,9-18,21H2. The lowest BCUT2D eigenvalue weighted by molar-refractivity contribution is -0.136. The zero-order valence-corrected chi connectivity index (χ0v) is 27.8. The lowest BCUT2D eigenvalue weighted by Crippen LogP contribution is -2.51. The number of benzene rings is 2. The van der Waals surface area contributed by atoms with Crippen LogP contribution in [0.5, 0.6) is 0 Å². The molecule has 0 radical (unpaired) electrons. The van der Waals surface area contributed by atoms with Crippen LogP contribution in [0.2, 0.25) is 10.0 Å². The highest BCUT2D eigenvalue weighted by atomic mass is 35.5. The number of hydrogen-bond donors (Lipinski definition) is 1. The molecule has 4 heterocycles. The van der Waals surface area contributed by atoms with Crippen LogP contribution in [0.3, 0.4) is 0 Å². The molecule has 0 bridgehead atoms. The van der Waals surface area contributed by atoms with E-state index in [2.05, 4.69) is 9.88 Å². The number of carbonyl (C=O) groups excluding carboxylic acids is 2. The molecule has 0 atom stereocenters. The molecular formula is C35H38Cl2N6O4. The maximum absolute atomic E-state index is 13.4. The first-order valence-corrected chi connectivity index (χ1v) is 17.2. The number of amides is 2. The molecule has 2 aliphatic heterocycles. The molecule has 4 aromatic rings. The van der Waals surface area contributed by atoms with Gasteiger partial charge >= 0.3 is 0 Å². The monoisotopic (exact) mass is 676 g/mol. The zero-order chi connectivity index (χ0) is 32.7. The summed E-state index contributed by atoms with van der Waals surface area (Å²) in [5, 5.41) is 13.9. The highest BCUT2D eigenvalue weighted by Crippen LogP contribution is 2.33. The van der Waals surface area contributed by atoms with Crippen LogP contribution in [-0.2, 0) is 24.2 Å². The molecular weight excluding hydrogens is 639 g/mol. The fraction of sp³-hybridized carbons (Fsp3) is 0.457. The van der Waals surface area contributed by atoms with Gasteiger partial charge < -0.3 is 14.9 Å². The Hall–Kier alpha value is -3.57. The quantitative estimate of drug-likeness (QED) is 0.324. The third-order valence-electron chi connectivity index (χ3n) is 10.0. The van der Waals surface area contributed by atoms with E-state index in [1.54, 1.807) is 23.1 Å². The fourth-order valence-electron chi connectivity index (χ4n) is 7.16. The summed E-state index contributed by atoms with van der Waals surface area (Å²) in [5.41, 5.74) is 2.81. The SMILES string of the molecule is O=C(CCN1CCN(C(=O)c2ccc3c(Cl)c4c(nc3c2)CCCC4)CC1)N1CCC(O)(Cn2cnc3cc(Cl)ccc3c2=O)CC1. The van der Waals surface area contributed by atoms with Gasteiger partial charge in [0, 0.05) is 73.9 Å². The summed E-state index contributed by atoms with van der Waals surface area (Å²) in [5.74, 6) is 0.0432. The van der Waals surface area contributed by atoms with E-state index in [-0.39, 0.29) is 23.9 Å². The van der Waals surface area contributed by atoms with Gasteiger partial charge in [-0.2, -0.15) is 0 Å². The summed E-state index contributed by atoms with van der Waals surface area (Å²) in [6.45, 7) is 4.18. The third-order valence-corrected chi connectivity index (χ3v) is 10.7. The first-order chi connectivity index (χ1) is 22.7. The number of halogens is 2. The molecule has 12 heteroatoms. The topological polar surface area (TPSA) is 112 Å². The molecule has 0 spiro atoms. The number of pyridine rings is 1. The Bertz CT molecular complexity index is 1910. The first-order valence-electron chi connectivity index (χ1n) is 16.4. The number of aliphatic hydroxyl groups is 1. The van der Waals surface area contributed by atoms with Gasteiger partial charge in [-0.05, 0) is 74.4 Å². The molecule has 246 valence electrons. The van der Waals surface area contributed by atoms with Crippen molar-refractivity contribution in [2.45, 2.75) is 57.1 Å².